The highest BCUT2D eigenvalue weighted by molar-refractivity contribution is 6.33. The highest BCUT2D eigenvalue weighted by atomic mass is 35.5. The molecule has 5 rings (SSSR count). The lowest BCUT2D eigenvalue weighted by molar-refractivity contribution is -0.137. The van der Waals surface area contributed by atoms with Crippen LogP contribution in [-0.2, 0) is 18.0 Å². The highest BCUT2D eigenvalue weighted by Gasteiger charge is 2.32. The van der Waals surface area contributed by atoms with Crippen LogP contribution >= 0.6 is 11.6 Å². The van der Waals surface area contributed by atoms with Crippen LogP contribution in [0.2, 0.25) is 5.02 Å². The van der Waals surface area contributed by atoms with Crippen LogP contribution in [0.5, 0.6) is 0 Å². The molecule has 0 saturated heterocycles. The molecule has 198 valence electrons. The van der Waals surface area contributed by atoms with Crippen molar-refractivity contribution in [3.8, 4) is 11.1 Å². The predicted octanol–water partition coefficient (Wildman–Crippen LogP) is 8.27. The van der Waals surface area contributed by atoms with E-state index < -0.39 is 23.5 Å². The maximum atomic E-state index is 14.2. The van der Waals surface area contributed by atoms with Gasteiger partial charge in [-0.15, -0.1) is 0 Å². The Morgan fingerprint density at radius 2 is 1.87 bits per heavy atom. The van der Waals surface area contributed by atoms with Crippen molar-refractivity contribution in [1.82, 2.24) is 9.55 Å². The monoisotopic (exact) mass is 543 g/mol. The summed E-state index contributed by atoms with van der Waals surface area (Å²) in [5.41, 5.74) is 3.47. The van der Waals surface area contributed by atoms with Gasteiger partial charge in [-0.25, -0.2) is 9.37 Å². The van der Waals surface area contributed by atoms with Crippen molar-refractivity contribution in [1.29, 1.82) is 0 Å². The second-order valence-corrected chi connectivity index (χ2v) is 10.3. The van der Waals surface area contributed by atoms with Crippen LogP contribution in [0.3, 0.4) is 0 Å². The van der Waals surface area contributed by atoms with Crippen LogP contribution in [-0.4, -0.2) is 15.5 Å². The van der Waals surface area contributed by atoms with Crippen molar-refractivity contribution < 1.29 is 22.4 Å². The molecule has 1 aliphatic rings. The highest BCUT2D eigenvalue weighted by Crippen LogP contribution is 2.40. The number of hydrogen-bond donors (Lipinski definition) is 1. The van der Waals surface area contributed by atoms with Gasteiger partial charge >= 0.3 is 6.18 Å². The molecular weight excluding hydrogens is 518 g/mol. The molecule has 9 heteroatoms. The van der Waals surface area contributed by atoms with Crippen LogP contribution < -0.4 is 5.32 Å². The van der Waals surface area contributed by atoms with Crippen molar-refractivity contribution in [3.05, 3.63) is 82.4 Å². The molecular formula is C29H26ClF4N3O. The smallest absolute Gasteiger partial charge is 0.331 e. The molecule has 1 fully saturated rings. The van der Waals surface area contributed by atoms with Gasteiger partial charge in [-0.3, -0.25) is 4.79 Å². The third-order valence-corrected chi connectivity index (χ3v) is 7.79. The van der Waals surface area contributed by atoms with Crippen LogP contribution in [0.4, 0.5) is 23.2 Å². The number of carbonyl (C=O) groups excluding carboxylic acids is 1. The lowest BCUT2D eigenvalue weighted by Gasteiger charge is -2.29. The standard InChI is InChI=1S/C29H26ClF4N3O/c1-16-35-26-14-19(7-11-27(26)37(16)2)22-9-6-18(13-23(22)30)17-4-3-5-20(12-17)28(38)36-25-10-8-21(15-24(25)31)29(32,33)34/h6-11,13-15,17,20H,3-5,12H2,1-2H3,(H,36,38). The van der Waals surface area contributed by atoms with E-state index in [1.807, 2.05) is 54.9 Å². The molecule has 0 bridgehead atoms. The largest absolute Gasteiger partial charge is 0.416 e. The number of aromatic nitrogens is 2. The van der Waals surface area contributed by atoms with Gasteiger partial charge in [0.25, 0.3) is 0 Å². The minimum atomic E-state index is -4.65. The van der Waals surface area contributed by atoms with E-state index in [0.29, 0.717) is 23.9 Å². The number of aryl methyl sites for hydroxylation is 2. The molecule has 1 aliphatic carbocycles. The first-order valence-electron chi connectivity index (χ1n) is 12.4. The Morgan fingerprint density at radius 1 is 1.08 bits per heavy atom. The van der Waals surface area contributed by atoms with Gasteiger partial charge in [-0.05, 0) is 79.6 Å². The fourth-order valence-corrected chi connectivity index (χ4v) is 5.56. The quantitative estimate of drug-likeness (QED) is 0.263. The number of fused-ring (bicyclic) bond motifs is 1. The molecule has 2 atom stereocenters. The lowest BCUT2D eigenvalue weighted by atomic mass is 9.77. The van der Waals surface area contributed by atoms with Gasteiger partial charge in [-0.1, -0.05) is 36.2 Å². The molecule has 4 nitrogen and oxygen atoms in total. The van der Waals surface area contributed by atoms with Crippen molar-refractivity contribution in [2.75, 3.05) is 5.32 Å². The Morgan fingerprint density at radius 3 is 2.58 bits per heavy atom. The molecule has 1 saturated carbocycles. The summed E-state index contributed by atoms with van der Waals surface area (Å²) in [6, 6.07) is 14.1. The average Bonchev–Trinajstić information content (AvgIpc) is 3.17. The number of rotatable bonds is 4. The maximum Gasteiger partial charge on any atom is 0.416 e. The van der Waals surface area contributed by atoms with Crippen molar-refractivity contribution >= 4 is 34.2 Å². The summed E-state index contributed by atoms with van der Waals surface area (Å²) in [6.45, 7) is 1.96. The summed E-state index contributed by atoms with van der Waals surface area (Å²) in [5, 5.41) is 3.08. The van der Waals surface area contributed by atoms with Crippen LogP contribution in [0.15, 0.2) is 54.6 Å². The Hall–Kier alpha value is -3.39. The normalized spacial score (nSPS) is 18.1. The van der Waals surface area contributed by atoms with E-state index in [0.717, 1.165) is 58.5 Å². The predicted molar refractivity (Wildman–Crippen MR) is 141 cm³/mol. The number of carbonyl (C=O) groups is 1. The molecule has 3 aromatic carbocycles. The molecule has 1 aromatic heterocycles. The number of alkyl halides is 3. The van der Waals surface area contributed by atoms with E-state index in [-0.39, 0.29) is 17.5 Å². The topological polar surface area (TPSA) is 46.9 Å². The number of amides is 1. The first-order chi connectivity index (χ1) is 18.0. The van der Waals surface area contributed by atoms with Gasteiger partial charge in [0.05, 0.1) is 22.3 Å². The number of anilines is 1. The molecule has 0 spiro atoms. The van der Waals surface area contributed by atoms with Crippen LogP contribution in [0.25, 0.3) is 22.2 Å². The van der Waals surface area contributed by atoms with E-state index in [2.05, 4.69) is 10.3 Å². The Kier molecular flexibility index (Phi) is 6.94. The molecule has 0 aliphatic heterocycles. The first-order valence-corrected chi connectivity index (χ1v) is 12.8. The van der Waals surface area contributed by atoms with E-state index in [1.54, 1.807) is 0 Å². The van der Waals surface area contributed by atoms with Gasteiger partial charge in [0.2, 0.25) is 5.91 Å². The molecule has 2 unspecified atom stereocenters. The van der Waals surface area contributed by atoms with E-state index >= 15 is 0 Å². The number of nitrogens with zero attached hydrogens (tertiary/aromatic N) is 2. The maximum absolute atomic E-state index is 14.2. The summed E-state index contributed by atoms with van der Waals surface area (Å²) >= 11 is 6.71. The Labute approximate surface area is 222 Å². The third-order valence-electron chi connectivity index (χ3n) is 7.48. The van der Waals surface area contributed by atoms with Gasteiger partial charge in [0, 0.05) is 23.6 Å². The van der Waals surface area contributed by atoms with Gasteiger partial charge in [0.1, 0.15) is 11.6 Å². The summed E-state index contributed by atoms with van der Waals surface area (Å²) in [7, 11) is 1.98. The zero-order chi connectivity index (χ0) is 27.2. The fourth-order valence-electron chi connectivity index (χ4n) is 5.27. The second-order valence-electron chi connectivity index (χ2n) is 9.90. The number of halogens is 5. The van der Waals surface area contributed by atoms with Crippen LogP contribution in [0.1, 0.15) is 48.6 Å². The summed E-state index contributed by atoms with van der Waals surface area (Å²) in [6.07, 6.45) is -1.80. The minimum absolute atomic E-state index is 0.0874. The van der Waals surface area contributed by atoms with Crippen molar-refractivity contribution in [2.24, 2.45) is 13.0 Å². The van der Waals surface area contributed by atoms with Crippen molar-refractivity contribution in [2.45, 2.75) is 44.7 Å². The molecule has 4 aromatic rings. The third kappa shape index (κ3) is 5.14. The summed E-state index contributed by atoms with van der Waals surface area (Å²) in [5.74, 6) is -0.874. The minimum Gasteiger partial charge on any atom is -0.331 e. The SMILES string of the molecule is Cc1nc2cc(-c3ccc(C4CCCC(C(=O)Nc5ccc(C(F)(F)F)cc5F)C4)cc3Cl)ccc2n1C. The van der Waals surface area contributed by atoms with E-state index in [4.69, 9.17) is 11.6 Å². The fraction of sp³-hybridized carbons (Fsp3) is 0.310. The average molecular weight is 544 g/mol. The number of nitrogens with one attached hydrogen (secondary N) is 1. The molecule has 38 heavy (non-hydrogen) atoms. The molecule has 1 heterocycles. The summed E-state index contributed by atoms with van der Waals surface area (Å²) in [4.78, 5) is 17.5. The van der Waals surface area contributed by atoms with Crippen LogP contribution in [0, 0.1) is 18.7 Å². The zero-order valence-electron chi connectivity index (χ0n) is 20.9. The second kappa shape index (κ2) is 10.1. The first kappa shape index (κ1) is 26.2. The molecule has 1 amide bonds. The van der Waals surface area contributed by atoms with E-state index in [9.17, 15) is 22.4 Å². The van der Waals surface area contributed by atoms with Gasteiger partial charge in [-0.2, -0.15) is 13.2 Å². The van der Waals surface area contributed by atoms with Gasteiger partial charge < -0.3 is 9.88 Å². The Bertz CT molecular complexity index is 1530. The van der Waals surface area contributed by atoms with Crippen molar-refractivity contribution in [3.63, 3.8) is 0 Å². The lowest BCUT2D eigenvalue weighted by Crippen LogP contribution is -2.28. The number of benzene rings is 3. The zero-order valence-corrected chi connectivity index (χ0v) is 21.6. The van der Waals surface area contributed by atoms with E-state index in [1.165, 1.54) is 0 Å². The number of imidazole rings is 1. The molecule has 0 radical (unpaired) electrons. The van der Waals surface area contributed by atoms with Gasteiger partial charge in [0.15, 0.2) is 0 Å². The number of hydrogen-bond acceptors (Lipinski definition) is 2. The molecule has 1 N–H and O–H groups in total. The summed E-state index contributed by atoms with van der Waals surface area (Å²) < 4.78 is 54.7. The Balaban J connectivity index is 1.30.